The molecule has 0 aromatic carbocycles. The molecule has 1 N–H and O–H groups in total. The summed E-state index contributed by atoms with van der Waals surface area (Å²) >= 11 is 0. The Hall–Kier alpha value is -1.10. The number of hydrogen-bond donors (Lipinski definition) is 1. The predicted octanol–water partition coefficient (Wildman–Crippen LogP) is 0.344. The lowest BCUT2D eigenvalue weighted by Gasteiger charge is -2.29. The first-order valence-electron chi connectivity index (χ1n) is 5.15. The molecule has 1 rings (SSSR count). The normalized spacial score (nSPS) is 25.2. The minimum Gasteiger partial charge on any atom is -0.481 e. The van der Waals surface area contributed by atoms with Crippen molar-refractivity contribution in [2.24, 2.45) is 5.92 Å². The average Bonchev–Trinajstić information content (AvgIpc) is 2.61. The van der Waals surface area contributed by atoms with Crippen LogP contribution < -0.4 is 0 Å². The zero-order valence-electron chi connectivity index (χ0n) is 9.10. The Labute approximate surface area is 89.0 Å². The number of carboxylic acid groups (broad SMARTS) is 1. The molecule has 0 radical (unpaired) electrons. The summed E-state index contributed by atoms with van der Waals surface area (Å²) in [5, 5.41) is 8.96. The molecule has 1 amide bonds. The standard InChI is InChI=1S/C10H17NO4/c1-3-4-11(7(2)12)9-6-15-5-8(9)10(13)14/h8-9H,3-6H2,1-2H3,(H,13,14). The minimum atomic E-state index is -0.889. The van der Waals surface area contributed by atoms with Gasteiger partial charge in [0.15, 0.2) is 0 Å². The highest BCUT2D eigenvalue weighted by molar-refractivity contribution is 5.76. The number of amides is 1. The van der Waals surface area contributed by atoms with E-state index in [0.29, 0.717) is 13.2 Å². The number of hydrogen-bond acceptors (Lipinski definition) is 3. The Morgan fingerprint density at radius 3 is 2.60 bits per heavy atom. The van der Waals surface area contributed by atoms with E-state index in [1.54, 1.807) is 4.90 Å². The molecule has 0 aromatic rings. The molecule has 0 saturated carbocycles. The molecule has 0 bridgehead atoms. The van der Waals surface area contributed by atoms with Gasteiger partial charge in [-0.3, -0.25) is 9.59 Å². The fourth-order valence-electron chi connectivity index (χ4n) is 1.88. The van der Waals surface area contributed by atoms with Crippen LogP contribution >= 0.6 is 0 Å². The van der Waals surface area contributed by atoms with Crippen molar-refractivity contribution < 1.29 is 19.4 Å². The largest absolute Gasteiger partial charge is 0.481 e. The van der Waals surface area contributed by atoms with Crippen LogP contribution in [0.5, 0.6) is 0 Å². The van der Waals surface area contributed by atoms with E-state index in [-0.39, 0.29) is 18.6 Å². The third-order valence-corrected chi connectivity index (χ3v) is 2.64. The molecule has 2 unspecified atom stereocenters. The Balaban J connectivity index is 2.73. The molecule has 86 valence electrons. The fourth-order valence-corrected chi connectivity index (χ4v) is 1.88. The monoisotopic (exact) mass is 215 g/mol. The van der Waals surface area contributed by atoms with Crippen molar-refractivity contribution in [1.82, 2.24) is 4.90 Å². The number of carbonyl (C=O) groups excluding carboxylic acids is 1. The molecule has 2 atom stereocenters. The number of carboxylic acids is 1. The van der Waals surface area contributed by atoms with Crippen LogP contribution in [0.3, 0.4) is 0 Å². The fraction of sp³-hybridized carbons (Fsp3) is 0.800. The summed E-state index contributed by atoms with van der Waals surface area (Å²) in [6, 6.07) is -0.306. The second kappa shape index (κ2) is 5.11. The van der Waals surface area contributed by atoms with E-state index in [1.165, 1.54) is 6.92 Å². The highest BCUT2D eigenvalue weighted by atomic mass is 16.5. The first-order valence-corrected chi connectivity index (χ1v) is 5.15. The average molecular weight is 215 g/mol. The van der Waals surface area contributed by atoms with Gasteiger partial charge in [-0.1, -0.05) is 6.92 Å². The second-order valence-electron chi connectivity index (χ2n) is 3.76. The van der Waals surface area contributed by atoms with Crippen molar-refractivity contribution in [3.8, 4) is 0 Å². The number of aliphatic carboxylic acids is 1. The van der Waals surface area contributed by atoms with Gasteiger partial charge in [-0.25, -0.2) is 0 Å². The molecule has 0 aromatic heterocycles. The molecule has 15 heavy (non-hydrogen) atoms. The van der Waals surface area contributed by atoms with Gasteiger partial charge < -0.3 is 14.7 Å². The topological polar surface area (TPSA) is 66.8 Å². The molecule has 5 heteroatoms. The quantitative estimate of drug-likeness (QED) is 0.734. The maximum Gasteiger partial charge on any atom is 0.311 e. The van der Waals surface area contributed by atoms with Crippen molar-refractivity contribution >= 4 is 11.9 Å². The van der Waals surface area contributed by atoms with Gasteiger partial charge in [0.2, 0.25) is 5.91 Å². The van der Waals surface area contributed by atoms with Gasteiger partial charge in [0.25, 0.3) is 0 Å². The van der Waals surface area contributed by atoms with E-state index in [1.807, 2.05) is 6.92 Å². The SMILES string of the molecule is CCCN(C(C)=O)C1COCC1C(=O)O. The highest BCUT2D eigenvalue weighted by Gasteiger charge is 2.38. The van der Waals surface area contributed by atoms with Crippen LogP contribution in [0, 0.1) is 5.92 Å². The van der Waals surface area contributed by atoms with Gasteiger partial charge >= 0.3 is 5.97 Å². The van der Waals surface area contributed by atoms with Crippen LogP contribution in [0.2, 0.25) is 0 Å². The lowest BCUT2D eigenvalue weighted by molar-refractivity contribution is -0.144. The van der Waals surface area contributed by atoms with Crippen LogP contribution in [-0.4, -0.2) is 47.7 Å². The molecule has 1 fully saturated rings. The van der Waals surface area contributed by atoms with E-state index in [2.05, 4.69) is 0 Å². The van der Waals surface area contributed by atoms with Crippen LogP contribution in [0.25, 0.3) is 0 Å². The van der Waals surface area contributed by atoms with Gasteiger partial charge in [-0.2, -0.15) is 0 Å². The Bertz CT molecular complexity index is 254. The summed E-state index contributed by atoms with van der Waals surface area (Å²) in [5.74, 6) is -1.56. The molecule has 0 aliphatic carbocycles. The van der Waals surface area contributed by atoms with Gasteiger partial charge in [0, 0.05) is 13.5 Å². The third kappa shape index (κ3) is 2.68. The van der Waals surface area contributed by atoms with E-state index < -0.39 is 11.9 Å². The van der Waals surface area contributed by atoms with E-state index in [9.17, 15) is 9.59 Å². The van der Waals surface area contributed by atoms with E-state index in [0.717, 1.165) is 6.42 Å². The van der Waals surface area contributed by atoms with Crippen LogP contribution in [0.1, 0.15) is 20.3 Å². The predicted molar refractivity (Wildman–Crippen MR) is 53.4 cm³/mol. The van der Waals surface area contributed by atoms with Crippen molar-refractivity contribution in [2.75, 3.05) is 19.8 Å². The molecular formula is C10H17NO4. The lowest BCUT2D eigenvalue weighted by Crippen LogP contribution is -2.46. The maximum atomic E-state index is 11.4. The summed E-state index contributed by atoms with van der Waals surface area (Å²) in [4.78, 5) is 23.9. The summed E-state index contributed by atoms with van der Waals surface area (Å²) in [5.41, 5.74) is 0. The first-order chi connectivity index (χ1) is 7.07. The third-order valence-electron chi connectivity index (χ3n) is 2.64. The second-order valence-corrected chi connectivity index (χ2v) is 3.76. The zero-order valence-corrected chi connectivity index (χ0v) is 9.10. The summed E-state index contributed by atoms with van der Waals surface area (Å²) in [7, 11) is 0. The Kier molecular flexibility index (Phi) is 4.08. The van der Waals surface area contributed by atoms with Crippen molar-refractivity contribution in [3.63, 3.8) is 0 Å². The first kappa shape index (κ1) is 12.0. The van der Waals surface area contributed by atoms with Crippen LogP contribution in [0.15, 0.2) is 0 Å². The van der Waals surface area contributed by atoms with Crippen LogP contribution in [0.4, 0.5) is 0 Å². The minimum absolute atomic E-state index is 0.0846. The van der Waals surface area contributed by atoms with E-state index >= 15 is 0 Å². The summed E-state index contributed by atoms with van der Waals surface area (Å²) in [6.07, 6.45) is 0.822. The molecule has 0 spiro atoms. The smallest absolute Gasteiger partial charge is 0.311 e. The summed E-state index contributed by atoms with van der Waals surface area (Å²) in [6.45, 7) is 4.55. The van der Waals surface area contributed by atoms with Gasteiger partial charge in [-0.05, 0) is 6.42 Å². The zero-order chi connectivity index (χ0) is 11.4. The lowest BCUT2D eigenvalue weighted by atomic mass is 10.0. The number of rotatable bonds is 4. The van der Waals surface area contributed by atoms with Crippen molar-refractivity contribution in [2.45, 2.75) is 26.3 Å². The van der Waals surface area contributed by atoms with Gasteiger partial charge in [0.1, 0.15) is 5.92 Å². The number of nitrogens with zero attached hydrogens (tertiary/aromatic N) is 1. The maximum absolute atomic E-state index is 11.4. The Morgan fingerprint density at radius 2 is 2.13 bits per heavy atom. The molecule has 1 heterocycles. The molecule has 1 aliphatic rings. The number of ether oxygens (including phenoxy) is 1. The Morgan fingerprint density at radius 1 is 1.47 bits per heavy atom. The molecule has 1 aliphatic heterocycles. The van der Waals surface area contributed by atoms with Crippen LogP contribution in [-0.2, 0) is 14.3 Å². The van der Waals surface area contributed by atoms with Gasteiger partial charge in [0.05, 0.1) is 19.3 Å². The van der Waals surface area contributed by atoms with Gasteiger partial charge in [-0.15, -0.1) is 0 Å². The van der Waals surface area contributed by atoms with Crippen molar-refractivity contribution in [1.29, 1.82) is 0 Å². The molecule has 1 saturated heterocycles. The summed E-state index contributed by atoms with van der Waals surface area (Å²) < 4.78 is 5.13. The van der Waals surface area contributed by atoms with Crippen molar-refractivity contribution in [3.05, 3.63) is 0 Å². The van der Waals surface area contributed by atoms with E-state index in [4.69, 9.17) is 9.84 Å². The number of carbonyl (C=O) groups is 2. The molecular weight excluding hydrogens is 198 g/mol. The molecule has 5 nitrogen and oxygen atoms in total. The highest BCUT2D eigenvalue weighted by Crippen LogP contribution is 2.20.